The highest BCUT2D eigenvalue weighted by molar-refractivity contribution is 7.89. The number of primary sulfonamides is 1. The first kappa shape index (κ1) is 17.2. The predicted molar refractivity (Wildman–Crippen MR) is 103 cm³/mol. The smallest absolute Gasteiger partial charge is 0.238 e. The average Bonchev–Trinajstić information content (AvgIpc) is 3.26. The first-order chi connectivity index (χ1) is 12.4. The van der Waals surface area contributed by atoms with Crippen molar-refractivity contribution < 1.29 is 13.2 Å². The third-order valence-electron chi connectivity index (χ3n) is 5.05. The summed E-state index contributed by atoms with van der Waals surface area (Å²) in [5.74, 6) is 0. The zero-order valence-electron chi connectivity index (χ0n) is 14.6. The SMILES string of the molecule is COCc1ccc(C2=CC3(C=C2c2ccc(S(N)(=O)=O)cc2)CC3)cc1. The van der Waals surface area contributed by atoms with Crippen molar-refractivity contribution in [2.75, 3.05) is 7.11 Å². The van der Waals surface area contributed by atoms with Crippen LogP contribution in [0.5, 0.6) is 0 Å². The molecule has 0 aromatic heterocycles. The number of hydrogen-bond acceptors (Lipinski definition) is 3. The molecule has 0 atom stereocenters. The van der Waals surface area contributed by atoms with Crippen LogP contribution in [0.15, 0.2) is 65.6 Å². The van der Waals surface area contributed by atoms with E-state index in [9.17, 15) is 8.42 Å². The van der Waals surface area contributed by atoms with Gasteiger partial charge in [0.25, 0.3) is 0 Å². The van der Waals surface area contributed by atoms with Crippen molar-refractivity contribution >= 4 is 21.2 Å². The Labute approximate surface area is 154 Å². The highest BCUT2D eigenvalue weighted by atomic mass is 32.2. The molecule has 0 bridgehead atoms. The fourth-order valence-corrected chi connectivity index (χ4v) is 3.97. The molecule has 0 amide bonds. The summed E-state index contributed by atoms with van der Waals surface area (Å²) in [7, 11) is -1.98. The minimum Gasteiger partial charge on any atom is -0.380 e. The third kappa shape index (κ3) is 3.26. The number of methoxy groups -OCH3 is 1. The largest absolute Gasteiger partial charge is 0.380 e. The summed E-state index contributed by atoms with van der Waals surface area (Å²) in [6.07, 6.45) is 6.99. The average molecular weight is 367 g/mol. The van der Waals surface area contributed by atoms with Gasteiger partial charge in [0.05, 0.1) is 11.5 Å². The lowest BCUT2D eigenvalue weighted by atomic mass is 9.94. The number of nitrogens with two attached hydrogens (primary N) is 1. The van der Waals surface area contributed by atoms with Crippen molar-refractivity contribution in [1.29, 1.82) is 0 Å². The Kier molecular flexibility index (Phi) is 4.10. The van der Waals surface area contributed by atoms with Crippen LogP contribution < -0.4 is 5.14 Å². The Morgan fingerprint density at radius 3 is 1.85 bits per heavy atom. The van der Waals surface area contributed by atoms with E-state index in [1.54, 1.807) is 19.2 Å². The molecule has 1 spiro atoms. The predicted octanol–water partition coefficient (Wildman–Crippen LogP) is 3.74. The van der Waals surface area contributed by atoms with Crippen molar-refractivity contribution in [3.8, 4) is 0 Å². The van der Waals surface area contributed by atoms with E-state index in [0.717, 1.165) is 35.1 Å². The Morgan fingerprint density at radius 1 is 0.923 bits per heavy atom. The van der Waals surface area contributed by atoms with Crippen molar-refractivity contribution in [2.45, 2.75) is 24.3 Å². The Bertz CT molecular complexity index is 996. The van der Waals surface area contributed by atoms with Crippen LogP contribution >= 0.6 is 0 Å². The van der Waals surface area contributed by atoms with Gasteiger partial charge in [-0.2, -0.15) is 0 Å². The van der Waals surface area contributed by atoms with E-state index in [1.165, 1.54) is 5.57 Å². The Hall–Kier alpha value is -2.21. The van der Waals surface area contributed by atoms with Gasteiger partial charge in [-0.15, -0.1) is 0 Å². The highest BCUT2D eigenvalue weighted by Crippen LogP contribution is 2.57. The lowest BCUT2D eigenvalue weighted by molar-refractivity contribution is 0.185. The highest BCUT2D eigenvalue weighted by Gasteiger charge is 2.43. The van der Waals surface area contributed by atoms with Gasteiger partial charge in [0.15, 0.2) is 0 Å². The lowest BCUT2D eigenvalue weighted by Crippen LogP contribution is -2.11. The fraction of sp³-hybridized carbons (Fsp3) is 0.238. The summed E-state index contributed by atoms with van der Waals surface area (Å²) in [6, 6.07) is 15.2. The molecule has 0 heterocycles. The van der Waals surface area contributed by atoms with Crippen LogP contribution in [0.1, 0.15) is 29.5 Å². The minimum atomic E-state index is -3.68. The summed E-state index contributed by atoms with van der Waals surface area (Å²) in [6.45, 7) is 0.598. The van der Waals surface area contributed by atoms with Crippen LogP contribution in [0, 0.1) is 5.41 Å². The second kappa shape index (κ2) is 6.20. The molecule has 0 saturated heterocycles. The number of allylic oxidation sites excluding steroid dienone is 4. The first-order valence-corrected chi connectivity index (χ1v) is 10.1. The summed E-state index contributed by atoms with van der Waals surface area (Å²) in [4.78, 5) is 0.135. The second-order valence-electron chi connectivity index (χ2n) is 7.05. The summed E-state index contributed by atoms with van der Waals surface area (Å²) >= 11 is 0. The molecule has 1 fully saturated rings. The molecule has 0 radical (unpaired) electrons. The zero-order chi connectivity index (χ0) is 18.4. The summed E-state index contributed by atoms with van der Waals surface area (Å²) in [5.41, 5.74) is 5.84. The van der Waals surface area contributed by atoms with Gasteiger partial charge in [0, 0.05) is 12.5 Å². The van der Waals surface area contributed by atoms with E-state index in [4.69, 9.17) is 9.88 Å². The van der Waals surface area contributed by atoms with Crippen molar-refractivity contribution in [3.63, 3.8) is 0 Å². The number of benzene rings is 2. The summed E-state index contributed by atoms with van der Waals surface area (Å²) in [5, 5.41) is 5.21. The molecule has 2 aromatic carbocycles. The molecule has 4 rings (SSSR count). The number of hydrogen-bond donors (Lipinski definition) is 1. The maximum Gasteiger partial charge on any atom is 0.238 e. The molecule has 134 valence electrons. The maximum absolute atomic E-state index is 11.5. The molecular weight excluding hydrogens is 346 g/mol. The monoisotopic (exact) mass is 367 g/mol. The van der Waals surface area contributed by atoms with E-state index < -0.39 is 10.0 Å². The van der Waals surface area contributed by atoms with Gasteiger partial charge in [0.1, 0.15) is 0 Å². The van der Waals surface area contributed by atoms with E-state index in [0.29, 0.717) is 6.61 Å². The van der Waals surface area contributed by atoms with Crippen LogP contribution in [0.25, 0.3) is 11.1 Å². The first-order valence-electron chi connectivity index (χ1n) is 8.58. The Morgan fingerprint density at radius 2 is 1.42 bits per heavy atom. The molecular formula is C21H21NO3S. The molecule has 0 unspecified atom stereocenters. The maximum atomic E-state index is 11.5. The molecule has 4 nitrogen and oxygen atoms in total. The molecule has 0 aliphatic heterocycles. The molecule has 5 heteroatoms. The Balaban J connectivity index is 1.70. The molecule has 2 aliphatic carbocycles. The van der Waals surface area contributed by atoms with Gasteiger partial charge < -0.3 is 4.74 Å². The summed E-state index contributed by atoms with van der Waals surface area (Å²) < 4.78 is 28.2. The topological polar surface area (TPSA) is 69.4 Å². The van der Waals surface area contributed by atoms with Crippen LogP contribution in [-0.2, 0) is 21.4 Å². The van der Waals surface area contributed by atoms with Gasteiger partial charge in [0.2, 0.25) is 10.0 Å². The van der Waals surface area contributed by atoms with Crippen LogP contribution in [-0.4, -0.2) is 15.5 Å². The normalized spacial score (nSPS) is 17.9. The van der Waals surface area contributed by atoms with Crippen molar-refractivity contribution in [1.82, 2.24) is 0 Å². The van der Waals surface area contributed by atoms with Crippen LogP contribution in [0.3, 0.4) is 0 Å². The minimum absolute atomic E-state index is 0.135. The van der Waals surface area contributed by atoms with Gasteiger partial charge in [-0.05, 0) is 52.8 Å². The van der Waals surface area contributed by atoms with E-state index in [2.05, 4.69) is 36.4 Å². The number of ether oxygens (including phenoxy) is 1. The van der Waals surface area contributed by atoms with Gasteiger partial charge in [-0.25, -0.2) is 13.6 Å². The van der Waals surface area contributed by atoms with Crippen molar-refractivity contribution in [2.24, 2.45) is 10.6 Å². The molecule has 2 aliphatic rings. The van der Waals surface area contributed by atoms with E-state index >= 15 is 0 Å². The van der Waals surface area contributed by atoms with Gasteiger partial charge >= 0.3 is 0 Å². The van der Waals surface area contributed by atoms with E-state index in [-0.39, 0.29) is 10.3 Å². The van der Waals surface area contributed by atoms with Crippen molar-refractivity contribution in [3.05, 3.63) is 77.4 Å². The van der Waals surface area contributed by atoms with E-state index in [1.807, 2.05) is 12.1 Å². The van der Waals surface area contributed by atoms with Gasteiger partial charge in [-0.1, -0.05) is 48.6 Å². The molecule has 26 heavy (non-hydrogen) atoms. The lowest BCUT2D eigenvalue weighted by Gasteiger charge is -2.11. The standard InChI is InChI=1S/C21H21NO3S/c1-25-14-15-2-4-16(5-3-15)19-12-21(10-11-21)13-20(19)17-6-8-18(9-7-17)26(22,23)24/h2-9,12-13H,10-11,14H2,1H3,(H2,22,23,24). The van der Waals surface area contributed by atoms with Gasteiger partial charge in [-0.3, -0.25) is 0 Å². The molecule has 2 aromatic rings. The van der Waals surface area contributed by atoms with Crippen LogP contribution in [0.4, 0.5) is 0 Å². The molecule has 1 saturated carbocycles. The van der Waals surface area contributed by atoms with Crippen LogP contribution in [0.2, 0.25) is 0 Å². The number of sulfonamides is 1. The second-order valence-corrected chi connectivity index (χ2v) is 8.61. The zero-order valence-corrected chi connectivity index (χ0v) is 15.4. The quantitative estimate of drug-likeness (QED) is 0.875. The molecule has 2 N–H and O–H groups in total. The third-order valence-corrected chi connectivity index (χ3v) is 5.98. The number of rotatable bonds is 5. The fourth-order valence-electron chi connectivity index (χ4n) is 3.45.